The lowest BCUT2D eigenvalue weighted by Gasteiger charge is -2.15. The quantitative estimate of drug-likeness (QED) is 0.274. The summed E-state index contributed by atoms with van der Waals surface area (Å²) in [4.78, 5) is 18.3. The van der Waals surface area contributed by atoms with E-state index in [2.05, 4.69) is 15.5 Å². The predicted molar refractivity (Wildman–Crippen MR) is 142 cm³/mol. The van der Waals surface area contributed by atoms with E-state index in [1.54, 1.807) is 42.5 Å². The molecule has 198 valence electrons. The first-order valence-electron chi connectivity index (χ1n) is 11.9. The summed E-state index contributed by atoms with van der Waals surface area (Å²) in [7, 11) is 4.55. The molecule has 2 N–H and O–H groups in total. The van der Waals surface area contributed by atoms with E-state index in [9.17, 15) is 13.6 Å². The number of aromatic nitrogens is 3. The van der Waals surface area contributed by atoms with Crippen LogP contribution in [0.15, 0.2) is 66.7 Å². The van der Waals surface area contributed by atoms with Crippen LogP contribution in [-0.4, -0.2) is 42.4 Å². The maximum atomic E-state index is 13.6. The summed E-state index contributed by atoms with van der Waals surface area (Å²) < 4.78 is 43.4. The third-order valence-corrected chi connectivity index (χ3v) is 6.25. The molecule has 10 heteroatoms. The Labute approximate surface area is 222 Å². The number of benzene rings is 3. The number of aromatic amines is 1. The van der Waals surface area contributed by atoms with Crippen molar-refractivity contribution < 1.29 is 27.8 Å². The van der Waals surface area contributed by atoms with Crippen LogP contribution >= 0.6 is 0 Å². The van der Waals surface area contributed by atoms with Gasteiger partial charge in [0.05, 0.1) is 43.7 Å². The van der Waals surface area contributed by atoms with E-state index in [0.29, 0.717) is 45.1 Å². The maximum Gasteiger partial charge on any atom is 0.252 e. The monoisotopic (exact) mass is 530 g/mol. The lowest BCUT2D eigenvalue weighted by atomic mass is 10.0. The van der Waals surface area contributed by atoms with E-state index in [1.165, 1.54) is 45.6 Å². The van der Waals surface area contributed by atoms with E-state index >= 15 is 0 Å². The Kier molecular flexibility index (Phi) is 7.09. The fraction of sp³-hybridized carbons (Fsp3) is 0.138. The summed E-state index contributed by atoms with van der Waals surface area (Å²) in [6.07, 6.45) is 0. The highest BCUT2D eigenvalue weighted by molar-refractivity contribution is 6.11. The fourth-order valence-electron chi connectivity index (χ4n) is 4.28. The van der Waals surface area contributed by atoms with Gasteiger partial charge in [-0.2, -0.15) is 5.10 Å². The molecule has 2 heterocycles. The van der Waals surface area contributed by atoms with Crippen LogP contribution in [0.4, 0.5) is 8.78 Å². The molecule has 0 unspecified atom stereocenters. The molecule has 5 rings (SSSR count). The Bertz CT molecular complexity index is 1650. The van der Waals surface area contributed by atoms with Gasteiger partial charge in [0.15, 0.2) is 17.1 Å². The molecular formula is C29H24F2N4O4. The van der Waals surface area contributed by atoms with Crippen LogP contribution in [-0.2, 0) is 6.54 Å². The van der Waals surface area contributed by atoms with E-state index < -0.39 is 5.91 Å². The Morgan fingerprint density at radius 3 is 2.10 bits per heavy atom. The normalized spacial score (nSPS) is 10.9. The number of carbonyl (C=O) groups excluding carboxylic acids is 1. The maximum absolute atomic E-state index is 13.6. The SMILES string of the molecule is COc1cc(OC)c(-c2cc(C(=O)NCc3ccc(F)cc3)c3c(-c4ccc(F)cc4)[nH]nc3n2)cc1OC. The molecule has 39 heavy (non-hydrogen) atoms. The molecule has 8 nitrogen and oxygen atoms in total. The van der Waals surface area contributed by atoms with Crippen molar-refractivity contribution in [3.63, 3.8) is 0 Å². The van der Waals surface area contributed by atoms with Crippen molar-refractivity contribution in [2.75, 3.05) is 21.3 Å². The van der Waals surface area contributed by atoms with Gasteiger partial charge >= 0.3 is 0 Å². The van der Waals surface area contributed by atoms with E-state index in [-0.39, 0.29) is 29.4 Å². The number of ether oxygens (including phenoxy) is 3. The van der Waals surface area contributed by atoms with Gasteiger partial charge in [-0.05, 0) is 54.1 Å². The number of fused-ring (bicyclic) bond motifs is 1. The van der Waals surface area contributed by atoms with Gasteiger partial charge in [0, 0.05) is 23.7 Å². The number of nitrogens with zero attached hydrogens (tertiary/aromatic N) is 2. The van der Waals surface area contributed by atoms with Gasteiger partial charge in [0.25, 0.3) is 5.91 Å². The summed E-state index contributed by atoms with van der Waals surface area (Å²) in [6.45, 7) is 0.168. The molecule has 0 fully saturated rings. The minimum atomic E-state index is -0.405. The van der Waals surface area contributed by atoms with Crippen molar-refractivity contribution in [1.29, 1.82) is 0 Å². The van der Waals surface area contributed by atoms with Crippen molar-refractivity contribution >= 4 is 16.9 Å². The lowest BCUT2D eigenvalue weighted by molar-refractivity contribution is 0.0952. The highest BCUT2D eigenvalue weighted by Crippen LogP contribution is 2.41. The minimum absolute atomic E-state index is 0.168. The molecule has 3 aromatic carbocycles. The number of amides is 1. The van der Waals surface area contributed by atoms with Crippen LogP contribution in [0.3, 0.4) is 0 Å². The second kappa shape index (κ2) is 10.8. The second-order valence-electron chi connectivity index (χ2n) is 8.58. The number of halogens is 2. The summed E-state index contributed by atoms with van der Waals surface area (Å²) in [5, 5.41) is 10.6. The molecule has 5 aromatic rings. The summed E-state index contributed by atoms with van der Waals surface area (Å²) in [6, 6.07) is 16.7. The molecule has 2 aromatic heterocycles. The minimum Gasteiger partial charge on any atom is -0.496 e. The first kappa shape index (κ1) is 25.7. The van der Waals surface area contributed by atoms with Crippen molar-refractivity contribution in [1.82, 2.24) is 20.5 Å². The van der Waals surface area contributed by atoms with Gasteiger partial charge < -0.3 is 19.5 Å². The largest absolute Gasteiger partial charge is 0.496 e. The van der Waals surface area contributed by atoms with Crippen LogP contribution in [0.1, 0.15) is 15.9 Å². The molecule has 0 saturated heterocycles. The Morgan fingerprint density at radius 1 is 0.846 bits per heavy atom. The van der Waals surface area contributed by atoms with Gasteiger partial charge in [0.1, 0.15) is 17.4 Å². The Balaban J connectivity index is 1.66. The summed E-state index contributed by atoms with van der Waals surface area (Å²) in [5.41, 5.74) is 3.38. The number of hydrogen-bond donors (Lipinski definition) is 2. The summed E-state index contributed by atoms with van der Waals surface area (Å²) >= 11 is 0. The molecule has 0 radical (unpaired) electrons. The number of pyridine rings is 1. The molecule has 0 aliphatic rings. The van der Waals surface area contributed by atoms with Crippen molar-refractivity contribution in [2.45, 2.75) is 6.54 Å². The van der Waals surface area contributed by atoms with Crippen molar-refractivity contribution in [2.24, 2.45) is 0 Å². The number of H-pyrrole nitrogens is 1. The van der Waals surface area contributed by atoms with Crippen LogP contribution in [0.25, 0.3) is 33.5 Å². The predicted octanol–water partition coefficient (Wildman–Crippen LogP) is 5.53. The van der Waals surface area contributed by atoms with Gasteiger partial charge in [-0.1, -0.05) is 12.1 Å². The zero-order chi connectivity index (χ0) is 27.5. The molecule has 0 spiro atoms. The van der Waals surface area contributed by atoms with Gasteiger partial charge in [-0.3, -0.25) is 9.89 Å². The van der Waals surface area contributed by atoms with E-state index in [0.717, 1.165) is 5.56 Å². The number of carbonyl (C=O) groups is 1. The summed E-state index contributed by atoms with van der Waals surface area (Å²) in [5.74, 6) is 0.211. The smallest absolute Gasteiger partial charge is 0.252 e. The number of rotatable bonds is 8. The van der Waals surface area contributed by atoms with Gasteiger partial charge in [-0.25, -0.2) is 13.8 Å². The standard InChI is InChI=1S/C29H24F2N4O4/c1-37-23-14-25(39-3)24(38-2)13-20(23)22-12-21(29(36)32-15-16-4-8-18(30)9-5-16)26-27(34-35-28(26)33-22)17-6-10-19(31)11-7-17/h4-14H,15H2,1-3H3,(H,32,36)(H,33,34,35). The lowest BCUT2D eigenvalue weighted by Crippen LogP contribution is -2.23. The zero-order valence-corrected chi connectivity index (χ0v) is 21.3. The first-order chi connectivity index (χ1) is 18.9. The molecule has 1 amide bonds. The van der Waals surface area contributed by atoms with Crippen molar-refractivity contribution in [3.8, 4) is 39.8 Å². The molecule has 0 saturated carbocycles. The number of hydrogen-bond acceptors (Lipinski definition) is 6. The van der Waals surface area contributed by atoms with Crippen LogP contribution in [0, 0.1) is 11.6 Å². The average molecular weight is 531 g/mol. The first-order valence-corrected chi connectivity index (χ1v) is 11.9. The number of methoxy groups -OCH3 is 3. The molecule has 0 atom stereocenters. The molecule has 0 aliphatic heterocycles. The Morgan fingerprint density at radius 2 is 1.46 bits per heavy atom. The highest BCUT2D eigenvalue weighted by Gasteiger charge is 2.23. The zero-order valence-electron chi connectivity index (χ0n) is 21.3. The third kappa shape index (κ3) is 5.08. The Hall–Kier alpha value is -4.99. The molecule has 0 aliphatic carbocycles. The van der Waals surface area contributed by atoms with Crippen LogP contribution < -0.4 is 19.5 Å². The van der Waals surface area contributed by atoms with Crippen LogP contribution in [0.5, 0.6) is 17.2 Å². The van der Waals surface area contributed by atoms with E-state index in [1.807, 2.05) is 0 Å². The molecular weight excluding hydrogens is 506 g/mol. The van der Waals surface area contributed by atoms with Gasteiger partial charge in [-0.15, -0.1) is 0 Å². The number of nitrogens with one attached hydrogen (secondary N) is 2. The van der Waals surface area contributed by atoms with Crippen LogP contribution in [0.2, 0.25) is 0 Å². The third-order valence-electron chi connectivity index (χ3n) is 6.25. The van der Waals surface area contributed by atoms with E-state index in [4.69, 9.17) is 19.2 Å². The average Bonchev–Trinajstić information content (AvgIpc) is 3.40. The van der Waals surface area contributed by atoms with Crippen molar-refractivity contribution in [3.05, 3.63) is 89.5 Å². The topological polar surface area (TPSA) is 98.4 Å². The fourth-order valence-corrected chi connectivity index (χ4v) is 4.28. The highest BCUT2D eigenvalue weighted by atomic mass is 19.1. The second-order valence-corrected chi connectivity index (χ2v) is 8.58. The van der Waals surface area contributed by atoms with Gasteiger partial charge in [0.2, 0.25) is 0 Å². The molecule has 0 bridgehead atoms.